The Morgan fingerprint density at radius 2 is 2.29 bits per heavy atom. The highest BCUT2D eigenvalue weighted by Crippen LogP contribution is 2.34. The molecule has 0 bridgehead atoms. The first-order chi connectivity index (χ1) is 8.22. The van der Waals surface area contributed by atoms with Crippen LogP contribution in [0.15, 0.2) is 18.2 Å². The smallest absolute Gasteiger partial charge is 0.128 e. The summed E-state index contributed by atoms with van der Waals surface area (Å²) in [6.07, 6.45) is 0. The topological polar surface area (TPSA) is 38.0 Å². The molecule has 2 atom stereocenters. The van der Waals surface area contributed by atoms with Crippen molar-refractivity contribution in [3.8, 4) is 0 Å². The van der Waals surface area contributed by atoms with Crippen LogP contribution in [0.1, 0.15) is 17.2 Å². The Morgan fingerprint density at radius 3 is 2.94 bits per heavy atom. The molecule has 0 aliphatic carbocycles. The van der Waals surface area contributed by atoms with Crippen LogP contribution in [-0.4, -0.2) is 22.5 Å². The van der Waals surface area contributed by atoms with E-state index in [0.29, 0.717) is 10.8 Å². The fraction of sp³-hybridized carbons (Fsp3) is 0.500. The van der Waals surface area contributed by atoms with Crippen LogP contribution >= 0.6 is 23.5 Å². The minimum absolute atomic E-state index is 0.104. The Labute approximate surface area is 110 Å². The third-order valence-electron chi connectivity index (χ3n) is 2.88. The Hall–Kier alpha value is -0.230. The predicted octanol–water partition coefficient (Wildman–Crippen LogP) is 2.49. The first-order valence-corrected chi connectivity index (χ1v) is 7.84. The van der Waals surface area contributed by atoms with Crippen molar-refractivity contribution < 1.29 is 4.39 Å². The first-order valence-electron chi connectivity index (χ1n) is 5.64. The van der Waals surface area contributed by atoms with Gasteiger partial charge in [-0.1, -0.05) is 17.7 Å². The third-order valence-corrected chi connectivity index (χ3v) is 5.74. The van der Waals surface area contributed by atoms with Crippen LogP contribution in [0.3, 0.4) is 0 Å². The molecule has 2 rings (SSSR count). The number of rotatable bonds is 3. The van der Waals surface area contributed by atoms with Crippen LogP contribution < -0.4 is 11.3 Å². The molecular weight excluding hydrogens is 255 g/mol. The number of hydrogen-bond donors (Lipinski definition) is 2. The summed E-state index contributed by atoms with van der Waals surface area (Å²) < 4.78 is 13.9. The summed E-state index contributed by atoms with van der Waals surface area (Å²) in [5.74, 6) is 8.75. The number of halogens is 1. The summed E-state index contributed by atoms with van der Waals surface area (Å²) in [5, 5.41) is 0.343. The van der Waals surface area contributed by atoms with Crippen LogP contribution in [0.4, 0.5) is 4.39 Å². The van der Waals surface area contributed by atoms with Gasteiger partial charge in [-0.3, -0.25) is 11.3 Å². The molecule has 0 amide bonds. The van der Waals surface area contributed by atoms with Crippen molar-refractivity contribution >= 4 is 23.5 Å². The van der Waals surface area contributed by atoms with Crippen LogP contribution in [0.5, 0.6) is 0 Å². The van der Waals surface area contributed by atoms with Gasteiger partial charge in [0.25, 0.3) is 0 Å². The van der Waals surface area contributed by atoms with Gasteiger partial charge < -0.3 is 0 Å². The minimum Gasteiger partial charge on any atom is -0.271 e. The van der Waals surface area contributed by atoms with E-state index in [0.717, 1.165) is 17.1 Å². The molecule has 17 heavy (non-hydrogen) atoms. The molecule has 94 valence electrons. The molecule has 1 aliphatic heterocycles. The highest BCUT2D eigenvalue weighted by Gasteiger charge is 2.27. The van der Waals surface area contributed by atoms with E-state index in [4.69, 9.17) is 5.84 Å². The molecule has 1 aromatic rings. The number of aryl methyl sites for hydroxylation is 1. The maximum absolute atomic E-state index is 13.9. The second kappa shape index (κ2) is 6.09. The number of hydrazine groups is 1. The fourth-order valence-corrected chi connectivity index (χ4v) is 4.84. The molecule has 0 aromatic heterocycles. The predicted molar refractivity (Wildman–Crippen MR) is 74.8 cm³/mol. The Balaban J connectivity index is 2.24. The fourth-order valence-electron chi connectivity index (χ4n) is 2.00. The lowest BCUT2D eigenvalue weighted by molar-refractivity contribution is 0.511. The van der Waals surface area contributed by atoms with Crippen LogP contribution in [0.25, 0.3) is 0 Å². The summed E-state index contributed by atoms with van der Waals surface area (Å²) in [6.45, 7) is 1.97. The van der Waals surface area contributed by atoms with Gasteiger partial charge in [0.05, 0.1) is 6.04 Å². The summed E-state index contributed by atoms with van der Waals surface area (Å²) in [5.41, 5.74) is 4.53. The van der Waals surface area contributed by atoms with Gasteiger partial charge in [0.1, 0.15) is 5.82 Å². The van der Waals surface area contributed by atoms with E-state index < -0.39 is 0 Å². The average Bonchev–Trinajstić information content (AvgIpc) is 2.36. The molecule has 2 nitrogen and oxygen atoms in total. The largest absolute Gasteiger partial charge is 0.271 e. The zero-order valence-electron chi connectivity index (χ0n) is 9.78. The second-order valence-corrected chi connectivity index (χ2v) is 6.65. The summed E-state index contributed by atoms with van der Waals surface area (Å²) >= 11 is 3.79. The molecule has 1 aromatic carbocycles. The molecule has 1 fully saturated rings. The first kappa shape index (κ1) is 13.2. The van der Waals surface area contributed by atoms with Gasteiger partial charge in [-0.05, 0) is 13.0 Å². The molecule has 1 aliphatic rings. The van der Waals surface area contributed by atoms with E-state index in [1.54, 1.807) is 6.07 Å². The minimum atomic E-state index is -0.172. The average molecular weight is 272 g/mol. The quantitative estimate of drug-likeness (QED) is 0.655. The Kier molecular flexibility index (Phi) is 4.73. The molecule has 1 heterocycles. The van der Waals surface area contributed by atoms with Gasteiger partial charge in [0.15, 0.2) is 0 Å². The molecule has 1 saturated heterocycles. The van der Waals surface area contributed by atoms with Gasteiger partial charge in [-0.2, -0.15) is 23.5 Å². The van der Waals surface area contributed by atoms with E-state index in [9.17, 15) is 4.39 Å². The monoisotopic (exact) mass is 272 g/mol. The summed E-state index contributed by atoms with van der Waals surface area (Å²) in [7, 11) is 0. The van der Waals surface area contributed by atoms with Gasteiger partial charge in [0, 0.05) is 28.1 Å². The maximum atomic E-state index is 13.9. The van der Waals surface area contributed by atoms with Gasteiger partial charge >= 0.3 is 0 Å². The number of benzene rings is 1. The number of hydrogen-bond acceptors (Lipinski definition) is 4. The maximum Gasteiger partial charge on any atom is 0.128 e. The number of thioether (sulfide) groups is 2. The third kappa shape index (κ3) is 3.16. The van der Waals surface area contributed by atoms with Crippen molar-refractivity contribution in [1.29, 1.82) is 0 Å². The van der Waals surface area contributed by atoms with E-state index in [-0.39, 0.29) is 11.9 Å². The molecule has 0 spiro atoms. The van der Waals surface area contributed by atoms with Crippen LogP contribution in [0.2, 0.25) is 0 Å². The van der Waals surface area contributed by atoms with Crippen molar-refractivity contribution in [2.24, 2.45) is 5.84 Å². The highest BCUT2D eigenvalue weighted by atomic mass is 32.2. The Morgan fingerprint density at radius 1 is 1.47 bits per heavy atom. The number of nitrogens with two attached hydrogens (primary N) is 1. The molecular formula is C12H17FN2S2. The summed E-state index contributed by atoms with van der Waals surface area (Å²) in [6, 6.07) is 5.09. The summed E-state index contributed by atoms with van der Waals surface area (Å²) in [4.78, 5) is 0. The van der Waals surface area contributed by atoms with Gasteiger partial charge in [-0.25, -0.2) is 4.39 Å². The lowest BCUT2D eigenvalue weighted by atomic mass is 10.0. The lowest BCUT2D eigenvalue weighted by Crippen LogP contribution is -2.38. The van der Waals surface area contributed by atoms with E-state index in [1.807, 2.05) is 36.5 Å². The van der Waals surface area contributed by atoms with Crippen molar-refractivity contribution in [3.63, 3.8) is 0 Å². The molecule has 5 heteroatoms. The van der Waals surface area contributed by atoms with Crippen molar-refractivity contribution in [1.82, 2.24) is 5.43 Å². The molecule has 0 radical (unpaired) electrons. The zero-order valence-corrected chi connectivity index (χ0v) is 11.4. The van der Waals surface area contributed by atoms with Gasteiger partial charge in [0.2, 0.25) is 0 Å². The normalized spacial score (nSPS) is 22.4. The van der Waals surface area contributed by atoms with Crippen LogP contribution in [-0.2, 0) is 0 Å². The van der Waals surface area contributed by atoms with Crippen LogP contribution in [0, 0.1) is 12.7 Å². The molecule has 0 saturated carbocycles. The van der Waals surface area contributed by atoms with Crippen molar-refractivity contribution in [3.05, 3.63) is 35.1 Å². The lowest BCUT2D eigenvalue weighted by Gasteiger charge is -2.29. The SMILES string of the molecule is Cc1ccc(F)c(C(NN)C2CSCCS2)c1. The van der Waals surface area contributed by atoms with E-state index >= 15 is 0 Å². The van der Waals surface area contributed by atoms with Crippen molar-refractivity contribution in [2.75, 3.05) is 17.3 Å². The number of nitrogens with one attached hydrogen (secondary N) is 1. The highest BCUT2D eigenvalue weighted by molar-refractivity contribution is 8.06. The zero-order chi connectivity index (χ0) is 12.3. The standard InChI is InChI=1S/C12H17FN2S2/c1-8-2-3-10(13)9(6-8)12(15-14)11-7-16-4-5-17-11/h2-3,6,11-12,15H,4-5,7,14H2,1H3. The Bertz CT molecular complexity index is 381. The van der Waals surface area contributed by atoms with Gasteiger partial charge in [-0.15, -0.1) is 0 Å². The molecule has 3 N–H and O–H groups in total. The van der Waals surface area contributed by atoms with E-state index in [2.05, 4.69) is 5.43 Å². The molecule has 2 unspecified atom stereocenters. The second-order valence-electron chi connectivity index (χ2n) is 4.15. The van der Waals surface area contributed by atoms with E-state index in [1.165, 1.54) is 11.8 Å². The van der Waals surface area contributed by atoms with Crippen molar-refractivity contribution in [2.45, 2.75) is 18.2 Å².